The molecular weight excluding hydrogens is 272 g/mol. The topological polar surface area (TPSA) is 124 Å². The SMILES string of the molecule is CNc1nc(NC(C)(C)CC(N)=O)nc(-n2cccn2)n1. The molecule has 0 aliphatic heterocycles. The van der Waals surface area contributed by atoms with Crippen LogP contribution in [0, 0.1) is 0 Å². The van der Waals surface area contributed by atoms with E-state index in [-0.39, 0.29) is 6.42 Å². The predicted octanol–water partition coefficient (Wildman–Crippen LogP) is 0.165. The van der Waals surface area contributed by atoms with Crippen molar-refractivity contribution < 1.29 is 4.79 Å². The molecule has 2 rings (SSSR count). The number of carbonyl (C=O) groups excluding carboxylic acids is 1. The second-order valence-electron chi connectivity index (χ2n) is 5.14. The number of rotatable bonds is 6. The van der Waals surface area contributed by atoms with Crippen LogP contribution in [-0.4, -0.2) is 43.2 Å². The van der Waals surface area contributed by atoms with Crippen LogP contribution in [0.3, 0.4) is 0 Å². The number of amides is 1. The van der Waals surface area contributed by atoms with Crippen molar-refractivity contribution in [2.75, 3.05) is 17.7 Å². The summed E-state index contributed by atoms with van der Waals surface area (Å²) in [5.74, 6) is 0.707. The van der Waals surface area contributed by atoms with Crippen molar-refractivity contribution in [3.8, 4) is 5.95 Å². The van der Waals surface area contributed by atoms with E-state index in [4.69, 9.17) is 5.73 Å². The van der Waals surface area contributed by atoms with Gasteiger partial charge in [0.2, 0.25) is 17.8 Å². The Morgan fingerprint density at radius 2 is 2.05 bits per heavy atom. The molecule has 0 saturated heterocycles. The number of nitrogens with zero attached hydrogens (tertiary/aromatic N) is 5. The molecule has 9 nitrogen and oxygen atoms in total. The predicted molar refractivity (Wildman–Crippen MR) is 78.0 cm³/mol. The monoisotopic (exact) mass is 290 g/mol. The molecule has 0 spiro atoms. The minimum Gasteiger partial charge on any atom is -0.370 e. The van der Waals surface area contributed by atoms with Gasteiger partial charge in [-0.3, -0.25) is 4.79 Å². The van der Waals surface area contributed by atoms with Crippen molar-refractivity contribution in [2.24, 2.45) is 5.73 Å². The minimum absolute atomic E-state index is 0.157. The second kappa shape index (κ2) is 5.73. The molecule has 112 valence electrons. The van der Waals surface area contributed by atoms with Crippen molar-refractivity contribution in [1.29, 1.82) is 0 Å². The zero-order valence-corrected chi connectivity index (χ0v) is 12.2. The average Bonchev–Trinajstić information content (AvgIpc) is 2.89. The van der Waals surface area contributed by atoms with Gasteiger partial charge in [-0.15, -0.1) is 0 Å². The summed E-state index contributed by atoms with van der Waals surface area (Å²) in [6.07, 6.45) is 3.52. The van der Waals surface area contributed by atoms with Crippen LogP contribution in [-0.2, 0) is 4.79 Å². The highest BCUT2D eigenvalue weighted by Gasteiger charge is 2.22. The normalized spacial score (nSPS) is 11.2. The summed E-state index contributed by atoms with van der Waals surface area (Å²) in [7, 11) is 1.71. The quantitative estimate of drug-likeness (QED) is 0.692. The number of anilines is 2. The van der Waals surface area contributed by atoms with Crippen LogP contribution in [0.5, 0.6) is 0 Å². The number of carbonyl (C=O) groups is 1. The molecule has 2 aromatic rings. The zero-order chi connectivity index (χ0) is 15.5. The lowest BCUT2D eigenvalue weighted by Gasteiger charge is -2.24. The third-order valence-corrected chi connectivity index (χ3v) is 2.62. The van der Waals surface area contributed by atoms with E-state index in [1.165, 1.54) is 4.68 Å². The fourth-order valence-corrected chi connectivity index (χ4v) is 1.80. The summed E-state index contributed by atoms with van der Waals surface area (Å²) in [6, 6.07) is 1.77. The Kier molecular flexibility index (Phi) is 4.01. The summed E-state index contributed by atoms with van der Waals surface area (Å²) in [5.41, 5.74) is 4.67. The van der Waals surface area contributed by atoms with Crippen molar-refractivity contribution in [3.63, 3.8) is 0 Å². The molecule has 0 atom stereocenters. The van der Waals surface area contributed by atoms with E-state index in [1.807, 2.05) is 13.8 Å². The summed E-state index contributed by atoms with van der Waals surface area (Å²) < 4.78 is 1.52. The number of hydrogen-bond acceptors (Lipinski definition) is 7. The molecule has 0 aliphatic carbocycles. The van der Waals surface area contributed by atoms with Crippen LogP contribution in [0.4, 0.5) is 11.9 Å². The average molecular weight is 290 g/mol. The molecule has 0 bridgehead atoms. The van der Waals surface area contributed by atoms with Gasteiger partial charge in [0, 0.05) is 31.4 Å². The lowest BCUT2D eigenvalue weighted by atomic mass is 10.0. The van der Waals surface area contributed by atoms with Crippen molar-refractivity contribution in [2.45, 2.75) is 25.8 Å². The van der Waals surface area contributed by atoms with Gasteiger partial charge in [-0.05, 0) is 19.9 Å². The molecule has 4 N–H and O–H groups in total. The number of nitrogens with two attached hydrogens (primary N) is 1. The maximum atomic E-state index is 11.1. The molecule has 0 unspecified atom stereocenters. The van der Waals surface area contributed by atoms with Gasteiger partial charge in [0.15, 0.2) is 0 Å². The maximum Gasteiger partial charge on any atom is 0.257 e. The molecule has 1 amide bonds. The van der Waals surface area contributed by atoms with E-state index in [1.54, 1.807) is 25.5 Å². The minimum atomic E-state index is -0.570. The summed E-state index contributed by atoms with van der Waals surface area (Å²) >= 11 is 0. The van der Waals surface area contributed by atoms with Gasteiger partial charge in [-0.1, -0.05) is 0 Å². The molecule has 0 aliphatic rings. The first-order chi connectivity index (χ1) is 9.89. The van der Waals surface area contributed by atoms with E-state index in [0.29, 0.717) is 17.8 Å². The highest BCUT2D eigenvalue weighted by molar-refractivity contribution is 5.75. The van der Waals surface area contributed by atoms with Gasteiger partial charge in [-0.2, -0.15) is 20.1 Å². The molecule has 0 saturated carbocycles. The Labute approximate surface area is 122 Å². The lowest BCUT2D eigenvalue weighted by Crippen LogP contribution is -2.36. The lowest BCUT2D eigenvalue weighted by molar-refractivity contribution is -0.118. The van der Waals surface area contributed by atoms with Gasteiger partial charge in [0.25, 0.3) is 5.95 Å². The number of aromatic nitrogens is 5. The zero-order valence-electron chi connectivity index (χ0n) is 12.2. The Morgan fingerprint density at radius 1 is 1.33 bits per heavy atom. The van der Waals surface area contributed by atoms with Crippen molar-refractivity contribution in [3.05, 3.63) is 18.5 Å². The summed E-state index contributed by atoms with van der Waals surface area (Å²) in [4.78, 5) is 23.8. The first-order valence-electron chi connectivity index (χ1n) is 6.40. The summed E-state index contributed by atoms with van der Waals surface area (Å²) in [6.45, 7) is 3.68. The van der Waals surface area contributed by atoms with E-state index in [9.17, 15) is 4.79 Å². The Morgan fingerprint density at radius 3 is 2.62 bits per heavy atom. The van der Waals surface area contributed by atoms with Crippen LogP contribution in [0.15, 0.2) is 18.5 Å². The molecule has 21 heavy (non-hydrogen) atoms. The van der Waals surface area contributed by atoms with Crippen LogP contribution >= 0.6 is 0 Å². The van der Waals surface area contributed by atoms with E-state index < -0.39 is 11.4 Å². The third-order valence-electron chi connectivity index (χ3n) is 2.62. The Balaban J connectivity index is 2.31. The van der Waals surface area contributed by atoms with E-state index in [2.05, 4.69) is 30.7 Å². The highest BCUT2D eigenvalue weighted by Crippen LogP contribution is 2.16. The first-order valence-corrected chi connectivity index (χ1v) is 6.40. The van der Waals surface area contributed by atoms with Crippen molar-refractivity contribution >= 4 is 17.8 Å². The van der Waals surface area contributed by atoms with Crippen LogP contribution in [0.2, 0.25) is 0 Å². The highest BCUT2D eigenvalue weighted by atomic mass is 16.1. The third kappa shape index (κ3) is 3.88. The van der Waals surface area contributed by atoms with Gasteiger partial charge in [0.05, 0.1) is 0 Å². The summed E-state index contributed by atoms with van der Waals surface area (Å²) in [5, 5.41) is 10.0. The fraction of sp³-hybridized carbons (Fsp3) is 0.417. The van der Waals surface area contributed by atoms with Crippen molar-refractivity contribution in [1.82, 2.24) is 24.7 Å². The largest absolute Gasteiger partial charge is 0.370 e. The number of nitrogens with one attached hydrogen (secondary N) is 2. The fourth-order valence-electron chi connectivity index (χ4n) is 1.80. The molecule has 0 aromatic carbocycles. The number of hydrogen-bond donors (Lipinski definition) is 3. The van der Waals surface area contributed by atoms with Gasteiger partial charge in [0.1, 0.15) is 0 Å². The molecule has 9 heteroatoms. The Hall–Kier alpha value is -2.71. The van der Waals surface area contributed by atoms with Gasteiger partial charge < -0.3 is 16.4 Å². The van der Waals surface area contributed by atoms with E-state index >= 15 is 0 Å². The van der Waals surface area contributed by atoms with Crippen LogP contribution in [0.1, 0.15) is 20.3 Å². The standard InChI is InChI=1S/C12H18N8O/c1-12(2,7-8(13)21)19-10-16-9(14-3)17-11(18-10)20-6-4-5-15-20/h4-6H,7H2,1-3H3,(H2,13,21)(H2,14,16,17,18,19). The van der Waals surface area contributed by atoms with Crippen LogP contribution < -0.4 is 16.4 Å². The van der Waals surface area contributed by atoms with Gasteiger partial charge in [-0.25, -0.2) is 4.68 Å². The molecule has 2 heterocycles. The molecular formula is C12H18N8O. The Bertz CT molecular complexity index is 622. The van der Waals surface area contributed by atoms with E-state index in [0.717, 1.165) is 0 Å². The molecule has 0 fully saturated rings. The molecule has 2 aromatic heterocycles. The van der Waals surface area contributed by atoms with Crippen LogP contribution in [0.25, 0.3) is 5.95 Å². The van der Waals surface area contributed by atoms with Gasteiger partial charge >= 0.3 is 0 Å². The number of primary amides is 1. The second-order valence-corrected chi connectivity index (χ2v) is 5.14. The smallest absolute Gasteiger partial charge is 0.257 e. The molecule has 0 radical (unpaired) electrons. The maximum absolute atomic E-state index is 11.1. The first kappa shape index (κ1) is 14.7.